The number of carbonyl (C=O) groups excluding carboxylic acids is 1. The van der Waals surface area contributed by atoms with E-state index < -0.39 is 4.84 Å². The van der Waals surface area contributed by atoms with E-state index in [2.05, 4.69) is 5.10 Å². The number of rotatable bonds is 4. The fourth-order valence-corrected chi connectivity index (χ4v) is 2.19. The van der Waals surface area contributed by atoms with Crippen molar-refractivity contribution in [3.63, 3.8) is 0 Å². The van der Waals surface area contributed by atoms with Crippen molar-refractivity contribution in [2.75, 3.05) is 0 Å². The van der Waals surface area contributed by atoms with Crippen LogP contribution in [0, 0.1) is 20.8 Å². The normalized spacial score (nSPS) is 12.0. The summed E-state index contributed by atoms with van der Waals surface area (Å²) >= 11 is 11.3. The number of hydrogen-bond donors (Lipinski definition) is 0. The summed E-state index contributed by atoms with van der Waals surface area (Å²) in [6.07, 6.45) is 1.44. The number of halogens is 2. The Morgan fingerprint density at radius 2 is 1.81 bits per heavy atom. The van der Waals surface area contributed by atoms with Crippen LogP contribution in [0.5, 0.6) is 0 Å². The van der Waals surface area contributed by atoms with E-state index in [1.165, 1.54) is 6.08 Å². The lowest BCUT2D eigenvalue weighted by Gasteiger charge is -2.11. The molecule has 2 rings (SSSR count). The van der Waals surface area contributed by atoms with Gasteiger partial charge in [0, 0.05) is 17.3 Å². The molecule has 21 heavy (non-hydrogen) atoms. The molecule has 0 N–H and O–H groups in total. The topological polar surface area (TPSA) is 34.9 Å². The maximum atomic E-state index is 11.9. The molecule has 110 valence electrons. The summed E-state index contributed by atoms with van der Waals surface area (Å²) in [5, 5.41) is 4.43. The summed E-state index contributed by atoms with van der Waals surface area (Å²) in [6.45, 7) is 5.85. The molecule has 1 aromatic heterocycles. The van der Waals surface area contributed by atoms with E-state index in [-0.39, 0.29) is 5.78 Å². The summed E-state index contributed by atoms with van der Waals surface area (Å²) in [5.41, 5.74) is 4.51. The maximum absolute atomic E-state index is 11.9. The number of nitrogens with zero attached hydrogens (tertiary/aromatic N) is 2. The molecule has 5 heteroatoms. The number of ketones is 1. The highest BCUT2D eigenvalue weighted by Crippen LogP contribution is 2.21. The number of carbonyl (C=O) groups is 1. The fraction of sp³-hybridized carbons (Fsp3) is 0.250. The number of allylic oxidation sites excluding steroid dienone is 1. The van der Waals surface area contributed by atoms with Gasteiger partial charge in [-0.25, -0.2) is 4.68 Å². The molecule has 0 aliphatic heterocycles. The van der Waals surface area contributed by atoms with Crippen molar-refractivity contribution in [3.05, 3.63) is 58.9 Å². The Morgan fingerprint density at radius 1 is 1.19 bits per heavy atom. The number of aromatic nitrogens is 2. The molecule has 0 saturated carbocycles. The lowest BCUT2D eigenvalue weighted by molar-refractivity contribution is -0.113. The third kappa shape index (κ3) is 3.74. The molecular weight excluding hydrogens is 307 g/mol. The van der Waals surface area contributed by atoms with Crippen LogP contribution in [0.3, 0.4) is 0 Å². The van der Waals surface area contributed by atoms with Crippen LogP contribution in [0.2, 0.25) is 0 Å². The number of aryl methyl sites for hydroxylation is 3. The SMILES string of the molecule is Cc1ccc(C(=CC(=O)C(Cl)Cl)n2nc(C)cc2C)cc1. The van der Waals surface area contributed by atoms with Gasteiger partial charge in [-0.05, 0) is 26.8 Å². The van der Waals surface area contributed by atoms with Crippen molar-refractivity contribution in [2.45, 2.75) is 25.6 Å². The second-order valence-electron chi connectivity index (χ2n) is 4.94. The van der Waals surface area contributed by atoms with Gasteiger partial charge in [0.2, 0.25) is 0 Å². The summed E-state index contributed by atoms with van der Waals surface area (Å²) in [4.78, 5) is 10.8. The summed E-state index contributed by atoms with van der Waals surface area (Å²) in [5.74, 6) is -0.360. The van der Waals surface area contributed by atoms with Crippen molar-refractivity contribution in [1.29, 1.82) is 0 Å². The monoisotopic (exact) mass is 322 g/mol. The van der Waals surface area contributed by atoms with Gasteiger partial charge in [0.25, 0.3) is 0 Å². The summed E-state index contributed by atoms with van der Waals surface area (Å²) < 4.78 is 1.73. The summed E-state index contributed by atoms with van der Waals surface area (Å²) in [6, 6.07) is 9.81. The highest BCUT2D eigenvalue weighted by molar-refractivity contribution is 6.55. The van der Waals surface area contributed by atoms with Crippen LogP contribution in [-0.4, -0.2) is 20.4 Å². The average Bonchev–Trinajstić information content (AvgIpc) is 2.75. The Bertz CT molecular complexity index is 685. The minimum Gasteiger partial charge on any atom is -0.292 e. The first kappa shape index (κ1) is 15.8. The van der Waals surface area contributed by atoms with Crippen LogP contribution in [-0.2, 0) is 4.79 Å². The predicted octanol–water partition coefficient (Wildman–Crippen LogP) is 4.07. The van der Waals surface area contributed by atoms with Gasteiger partial charge >= 0.3 is 0 Å². The quantitative estimate of drug-likeness (QED) is 0.628. The van der Waals surface area contributed by atoms with Gasteiger partial charge < -0.3 is 0 Å². The number of hydrogen-bond acceptors (Lipinski definition) is 2. The van der Waals surface area contributed by atoms with E-state index in [1.807, 2.05) is 51.1 Å². The van der Waals surface area contributed by atoms with Gasteiger partial charge in [-0.1, -0.05) is 53.0 Å². The predicted molar refractivity (Wildman–Crippen MR) is 86.8 cm³/mol. The third-order valence-electron chi connectivity index (χ3n) is 3.08. The molecule has 1 aromatic carbocycles. The molecule has 0 atom stereocenters. The van der Waals surface area contributed by atoms with Gasteiger partial charge in [-0.2, -0.15) is 5.10 Å². The van der Waals surface area contributed by atoms with Crippen LogP contribution in [0.15, 0.2) is 36.4 Å². The molecule has 0 saturated heterocycles. The van der Waals surface area contributed by atoms with Gasteiger partial charge in [0.1, 0.15) is 0 Å². The smallest absolute Gasteiger partial charge is 0.190 e. The highest BCUT2D eigenvalue weighted by atomic mass is 35.5. The third-order valence-corrected chi connectivity index (χ3v) is 3.51. The Labute approximate surface area is 134 Å². The molecule has 0 aliphatic rings. The first-order chi connectivity index (χ1) is 9.88. The van der Waals surface area contributed by atoms with E-state index in [4.69, 9.17) is 23.2 Å². The largest absolute Gasteiger partial charge is 0.292 e. The number of alkyl halides is 2. The zero-order valence-corrected chi connectivity index (χ0v) is 13.6. The first-order valence-electron chi connectivity index (χ1n) is 6.53. The molecule has 0 aliphatic carbocycles. The molecule has 0 radical (unpaired) electrons. The van der Waals surface area contributed by atoms with E-state index in [9.17, 15) is 4.79 Å². The van der Waals surface area contributed by atoms with Gasteiger partial charge in [0.15, 0.2) is 10.6 Å². The number of benzene rings is 1. The van der Waals surface area contributed by atoms with Gasteiger partial charge in [-0.15, -0.1) is 0 Å². The molecule has 0 fully saturated rings. The minimum atomic E-state index is -1.08. The zero-order chi connectivity index (χ0) is 15.6. The zero-order valence-electron chi connectivity index (χ0n) is 12.1. The Morgan fingerprint density at radius 3 is 2.29 bits per heavy atom. The second kappa shape index (κ2) is 6.46. The fourth-order valence-electron chi connectivity index (χ4n) is 2.06. The molecule has 1 heterocycles. The average molecular weight is 323 g/mol. The standard InChI is InChI=1S/C16H16Cl2N2O/c1-10-4-6-13(7-5-10)14(9-15(21)16(17)18)20-12(3)8-11(2)19-20/h4-9,16H,1-3H3. The molecular formula is C16H16Cl2N2O. The molecule has 0 unspecified atom stereocenters. The van der Waals surface area contributed by atoms with Crippen molar-refractivity contribution >= 4 is 34.7 Å². The summed E-state index contributed by atoms with van der Waals surface area (Å²) in [7, 11) is 0. The van der Waals surface area contributed by atoms with Crippen molar-refractivity contribution in [2.24, 2.45) is 0 Å². The lowest BCUT2D eigenvalue weighted by Crippen LogP contribution is -2.10. The Kier molecular flexibility index (Phi) is 4.86. The molecule has 0 amide bonds. The van der Waals surface area contributed by atoms with Crippen molar-refractivity contribution in [3.8, 4) is 0 Å². The Balaban J connectivity index is 2.57. The van der Waals surface area contributed by atoms with E-state index in [1.54, 1.807) is 4.68 Å². The van der Waals surface area contributed by atoms with Gasteiger partial charge in [0.05, 0.1) is 11.4 Å². The van der Waals surface area contributed by atoms with Crippen molar-refractivity contribution in [1.82, 2.24) is 9.78 Å². The van der Waals surface area contributed by atoms with Crippen LogP contribution in [0.1, 0.15) is 22.5 Å². The van der Waals surface area contributed by atoms with E-state index in [0.717, 1.165) is 22.5 Å². The molecule has 0 spiro atoms. The second-order valence-corrected chi connectivity index (χ2v) is 6.03. The Hall–Kier alpha value is -1.58. The van der Waals surface area contributed by atoms with Crippen molar-refractivity contribution < 1.29 is 4.79 Å². The molecule has 2 aromatic rings. The first-order valence-corrected chi connectivity index (χ1v) is 7.40. The maximum Gasteiger partial charge on any atom is 0.190 e. The van der Waals surface area contributed by atoms with E-state index in [0.29, 0.717) is 5.70 Å². The van der Waals surface area contributed by atoms with Gasteiger partial charge in [-0.3, -0.25) is 4.79 Å². The van der Waals surface area contributed by atoms with Crippen LogP contribution < -0.4 is 0 Å². The lowest BCUT2D eigenvalue weighted by atomic mass is 10.1. The van der Waals surface area contributed by atoms with Crippen LogP contribution >= 0.6 is 23.2 Å². The van der Waals surface area contributed by atoms with Crippen LogP contribution in [0.4, 0.5) is 0 Å². The van der Waals surface area contributed by atoms with Crippen LogP contribution in [0.25, 0.3) is 5.70 Å². The van der Waals surface area contributed by atoms with E-state index >= 15 is 0 Å². The molecule has 3 nitrogen and oxygen atoms in total. The molecule has 0 bridgehead atoms. The minimum absolute atomic E-state index is 0.360. The highest BCUT2D eigenvalue weighted by Gasteiger charge is 2.15.